The Morgan fingerprint density at radius 2 is 1.73 bits per heavy atom. The smallest absolute Gasteiger partial charge is 0.306 e. The molecule has 0 aliphatic heterocycles. The Bertz CT molecular complexity index is 702. The minimum Gasteiger partial charge on any atom is -0.497 e. The van der Waals surface area contributed by atoms with Gasteiger partial charge in [-0.25, -0.2) is 0 Å². The summed E-state index contributed by atoms with van der Waals surface area (Å²) in [5.74, 6) is 0.0923. The van der Waals surface area contributed by atoms with E-state index in [2.05, 4.69) is 5.32 Å². The second-order valence-corrected chi connectivity index (χ2v) is 5.86. The maximum Gasteiger partial charge on any atom is 0.306 e. The molecule has 0 bridgehead atoms. The molecule has 0 saturated carbocycles. The Hall–Kier alpha value is -2.86. The molecule has 3 N–H and O–H groups in total. The van der Waals surface area contributed by atoms with Crippen molar-refractivity contribution in [3.63, 3.8) is 0 Å². The average Bonchev–Trinajstić information content (AvgIpc) is 2.69. The summed E-state index contributed by atoms with van der Waals surface area (Å²) in [6.45, 7) is 0.591. The molecule has 1 atom stereocenters. The Morgan fingerprint density at radius 1 is 1.04 bits per heavy atom. The number of esters is 1. The van der Waals surface area contributed by atoms with Crippen molar-refractivity contribution in [3.8, 4) is 5.75 Å². The topological polar surface area (TPSA) is 90.6 Å². The molecule has 2 aromatic carbocycles. The van der Waals surface area contributed by atoms with Crippen LogP contribution in [0.4, 0.5) is 0 Å². The van der Waals surface area contributed by atoms with E-state index in [-0.39, 0.29) is 31.3 Å². The maximum atomic E-state index is 12.0. The monoisotopic (exact) mass is 356 g/mol. The van der Waals surface area contributed by atoms with Crippen molar-refractivity contribution in [2.75, 3.05) is 7.11 Å². The average molecular weight is 356 g/mol. The van der Waals surface area contributed by atoms with Gasteiger partial charge in [-0.1, -0.05) is 42.5 Å². The van der Waals surface area contributed by atoms with Crippen molar-refractivity contribution in [3.05, 3.63) is 65.7 Å². The van der Waals surface area contributed by atoms with E-state index in [0.29, 0.717) is 6.54 Å². The third kappa shape index (κ3) is 6.57. The third-order valence-electron chi connectivity index (χ3n) is 3.86. The van der Waals surface area contributed by atoms with Crippen LogP contribution in [-0.2, 0) is 27.5 Å². The van der Waals surface area contributed by atoms with E-state index >= 15 is 0 Å². The standard InChI is InChI=1S/C20H24N2O4/c1-25-17-9-7-15(8-10-17)13-22-20(24)18(21)11-12-19(23)26-14-16-5-3-2-4-6-16/h2-10,18H,11-14,21H2,1H3,(H,22,24)/t18-/m0/s1. The van der Waals surface area contributed by atoms with Crippen molar-refractivity contribution < 1.29 is 19.1 Å². The number of ether oxygens (including phenoxy) is 2. The molecule has 0 unspecified atom stereocenters. The number of nitrogens with one attached hydrogen (secondary N) is 1. The number of hydrogen-bond donors (Lipinski definition) is 2. The SMILES string of the molecule is COc1ccc(CNC(=O)[C@@H](N)CCC(=O)OCc2ccccc2)cc1. The molecule has 0 aliphatic carbocycles. The fourth-order valence-electron chi connectivity index (χ4n) is 2.28. The second-order valence-electron chi connectivity index (χ2n) is 5.86. The number of benzene rings is 2. The highest BCUT2D eigenvalue weighted by Crippen LogP contribution is 2.11. The molecular formula is C20H24N2O4. The fourth-order valence-corrected chi connectivity index (χ4v) is 2.28. The summed E-state index contributed by atoms with van der Waals surface area (Å²) in [5, 5.41) is 2.76. The Labute approximate surface area is 153 Å². The number of carbonyl (C=O) groups is 2. The highest BCUT2D eigenvalue weighted by atomic mass is 16.5. The lowest BCUT2D eigenvalue weighted by molar-refractivity contribution is -0.145. The first-order valence-electron chi connectivity index (χ1n) is 8.44. The molecular weight excluding hydrogens is 332 g/mol. The number of nitrogens with two attached hydrogens (primary N) is 1. The van der Waals surface area contributed by atoms with Crippen LogP contribution in [0.25, 0.3) is 0 Å². The zero-order valence-corrected chi connectivity index (χ0v) is 14.8. The maximum absolute atomic E-state index is 12.0. The zero-order chi connectivity index (χ0) is 18.8. The highest BCUT2D eigenvalue weighted by Gasteiger charge is 2.15. The van der Waals surface area contributed by atoms with Crippen LogP contribution in [0.3, 0.4) is 0 Å². The largest absolute Gasteiger partial charge is 0.497 e. The van der Waals surface area contributed by atoms with E-state index in [1.165, 1.54) is 0 Å². The van der Waals surface area contributed by atoms with Gasteiger partial charge in [0.2, 0.25) is 5.91 Å². The lowest BCUT2D eigenvalue weighted by Crippen LogP contribution is -2.40. The van der Waals surface area contributed by atoms with Crippen LogP contribution in [0.5, 0.6) is 5.75 Å². The third-order valence-corrected chi connectivity index (χ3v) is 3.86. The highest BCUT2D eigenvalue weighted by molar-refractivity contribution is 5.82. The molecule has 0 fully saturated rings. The van der Waals surface area contributed by atoms with Crippen LogP contribution in [0, 0.1) is 0 Å². The Kier molecular flexibility index (Phi) is 7.64. The summed E-state index contributed by atoms with van der Waals surface area (Å²) < 4.78 is 10.3. The van der Waals surface area contributed by atoms with E-state index in [0.717, 1.165) is 16.9 Å². The van der Waals surface area contributed by atoms with Gasteiger partial charge in [-0.05, 0) is 29.7 Å². The molecule has 0 saturated heterocycles. The van der Waals surface area contributed by atoms with Crippen LogP contribution in [0.2, 0.25) is 0 Å². The molecule has 0 aromatic heterocycles. The molecule has 0 spiro atoms. The van der Waals surface area contributed by atoms with Crippen molar-refractivity contribution in [1.29, 1.82) is 0 Å². The molecule has 0 radical (unpaired) electrons. The fraction of sp³-hybridized carbons (Fsp3) is 0.300. The van der Waals surface area contributed by atoms with Gasteiger partial charge >= 0.3 is 5.97 Å². The number of methoxy groups -OCH3 is 1. The van der Waals surface area contributed by atoms with Gasteiger partial charge in [0.1, 0.15) is 12.4 Å². The van der Waals surface area contributed by atoms with Crippen LogP contribution >= 0.6 is 0 Å². The van der Waals surface area contributed by atoms with Crippen LogP contribution < -0.4 is 15.8 Å². The van der Waals surface area contributed by atoms with Gasteiger partial charge in [-0.2, -0.15) is 0 Å². The predicted octanol–water partition coefficient (Wildman–Crippen LogP) is 2.16. The molecule has 2 rings (SSSR count). The van der Waals surface area contributed by atoms with Crippen LogP contribution in [-0.4, -0.2) is 25.0 Å². The Balaban J connectivity index is 1.66. The lowest BCUT2D eigenvalue weighted by atomic mass is 10.1. The van der Waals surface area contributed by atoms with Crippen molar-refractivity contribution in [1.82, 2.24) is 5.32 Å². The first-order chi connectivity index (χ1) is 12.6. The second kappa shape index (κ2) is 10.2. The molecule has 6 heteroatoms. The van der Waals surface area contributed by atoms with Gasteiger partial charge in [0, 0.05) is 13.0 Å². The van der Waals surface area contributed by atoms with E-state index in [1.807, 2.05) is 54.6 Å². The van der Waals surface area contributed by atoms with Gasteiger partial charge in [-0.15, -0.1) is 0 Å². The molecule has 1 amide bonds. The quantitative estimate of drug-likeness (QED) is 0.672. The summed E-state index contributed by atoms with van der Waals surface area (Å²) in [7, 11) is 1.60. The number of hydrogen-bond acceptors (Lipinski definition) is 5. The lowest BCUT2D eigenvalue weighted by Gasteiger charge is -2.12. The van der Waals surface area contributed by atoms with Gasteiger partial charge in [0.15, 0.2) is 0 Å². The van der Waals surface area contributed by atoms with Crippen molar-refractivity contribution in [2.24, 2.45) is 5.73 Å². The molecule has 0 heterocycles. The molecule has 2 aromatic rings. The summed E-state index contributed by atoms with van der Waals surface area (Å²) in [5.41, 5.74) is 7.70. The molecule has 138 valence electrons. The minimum absolute atomic E-state index is 0.101. The number of carbonyl (C=O) groups excluding carboxylic acids is 2. The van der Waals surface area contributed by atoms with E-state index < -0.39 is 6.04 Å². The summed E-state index contributed by atoms with van der Waals surface area (Å²) >= 11 is 0. The summed E-state index contributed by atoms with van der Waals surface area (Å²) in [6.07, 6.45) is 0.339. The summed E-state index contributed by atoms with van der Waals surface area (Å²) in [4.78, 5) is 23.8. The first kappa shape index (κ1) is 19.5. The van der Waals surface area contributed by atoms with Gasteiger partial charge in [-0.3, -0.25) is 9.59 Å². The Morgan fingerprint density at radius 3 is 2.38 bits per heavy atom. The van der Waals surface area contributed by atoms with Gasteiger partial charge < -0.3 is 20.5 Å². The van der Waals surface area contributed by atoms with E-state index in [9.17, 15) is 9.59 Å². The predicted molar refractivity (Wildman–Crippen MR) is 98.3 cm³/mol. The normalized spacial score (nSPS) is 11.5. The molecule has 0 aliphatic rings. The van der Waals surface area contributed by atoms with Crippen molar-refractivity contribution in [2.45, 2.75) is 32.0 Å². The van der Waals surface area contributed by atoms with Gasteiger partial charge in [0.25, 0.3) is 0 Å². The molecule has 26 heavy (non-hydrogen) atoms. The zero-order valence-electron chi connectivity index (χ0n) is 14.8. The minimum atomic E-state index is -0.752. The number of rotatable bonds is 9. The molecule has 6 nitrogen and oxygen atoms in total. The summed E-state index contributed by atoms with van der Waals surface area (Å²) in [6, 6.07) is 16.0. The van der Waals surface area contributed by atoms with E-state index in [4.69, 9.17) is 15.2 Å². The van der Waals surface area contributed by atoms with Crippen LogP contribution in [0.15, 0.2) is 54.6 Å². The van der Waals surface area contributed by atoms with Crippen molar-refractivity contribution >= 4 is 11.9 Å². The van der Waals surface area contributed by atoms with E-state index in [1.54, 1.807) is 7.11 Å². The van der Waals surface area contributed by atoms with Crippen LogP contribution in [0.1, 0.15) is 24.0 Å². The number of amides is 1. The first-order valence-corrected chi connectivity index (χ1v) is 8.44. The van der Waals surface area contributed by atoms with Gasteiger partial charge in [0.05, 0.1) is 13.2 Å².